The second-order valence-corrected chi connectivity index (χ2v) is 10.7. The monoisotopic (exact) mass is 524 g/mol. The molecule has 1 heterocycles. The second-order valence-electron chi connectivity index (χ2n) is 10.7. The van der Waals surface area contributed by atoms with Crippen LogP contribution < -0.4 is 10.2 Å². The molecule has 200 valence electrons. The molecule has 5 rings (SSSR count). The Hall–Kier alpha value is -4.39. The molecule has 0 fully saturated rings. The molecule has 3 aromatic rings. The number of anilines is 1. The zero-order valence-electron chi connectivity index (χ0n) is 22.3. The number of carbonyl (C=O) groups excluding carboxylic acids is 3. The summed E-state index contributed by atoms with van der Waals surface area (Å²) in [6.07, 6.45) is 3.32. The Morgan fingerprint density at radius 3 is 2.21 bits per heavy atom. The van der Waals surface area contributed by atoms with Gasteiger partial charge in [-0.25, -0.2) is 4.79 Å². The van der Waals surface area contributed by atoms with Crippen molar-refractivity contribution in [1.29, 1.82) is 0 Å². The van der Waals surface area contributed by atoms with E-state index in [-0.39, 0.29) is 19.1 Å². The molecule has 2 aliphatic rings. The van der Waals surface area contributed by atoms with Crippen molar-refractivity contribution < 1.29 is 23.9 Å². The first-order valence-corrected chi connectivity index (χ1v) is 13.1. The van der Waals surface area contributed by atoms with Gasteiger partial charge >= 0.3 is 12.1 Å². The molecular formula is C32H32N2O5. The van der Waals surface area contributed by atoms with Crippen molar-refractivity contribution in [2.45, 2.75) is 44.8 Å². The summed E-state index contributed by atoms with van der Waals surface area (Å²) < 4.78 is 11.2. The van der Waals surface area contributed by atoms with Crippen LogP contribution in [0.1, 0.15) is 43.4 Å². The quantitative estimate of drug-likeness (QED) is 0.358. The molecular weight excluding hydrogens is 492 g/mol. The molecule has 0 saturated heterocycles. The maximum absolute atomic E-state index is 13.7. The summed E-state index contributed by atoms with van der Waals surface area (Å²) in [6, 6.07) is 22.6. The number of benzene rings is 3. The topological polar surface area (TPSA) is 84.9 Å². The minimum Gasteiger partial charge on any atom is -0.459 e. The Labute approximate surface area is 228 Å². The van der Waals surface area contributed by atoms with Crippen molar-refractivity contribution in [1.82, 2.24) is 5.32 Å². The average molecular weight is 525 g/mol. The minimum atomic E-state index is -1.00. The lowest BCUT2D eigenvalue weighted by atomic mass is 9.98. The van der Waals surface area contributed by atoms with E-state index in [4.69, 9.17) is 9.47 Å². The summed E-state index contributed by atoms with van der Waals surface area (Å²) in [5.41, 5.74) is 5.29. The highest BCUT2D eigenvalue weighted by Gasteiger charge is 2.32. The molecule has 2 amide bonds. The van der Waals surface area contributed by atoms with E-state index in [9.17, 15) is 14.4 Å². The molecule has 3 aromatic carbocycles. The van der Waals surface area contributed by atoms with Gasteiger partial charge in [0.2, 0.25) is 0 Å². The second kappa shape index (κ2) is 10.8. The fourth-order valence-electron chi connectivity index (χ4n) is 5.19. The Kier molecular flexibility index (Phi) is 7.24. The van der Waals surface area contributed by atoms with E-state index < -0.39 is 29.6 Å². The van der Waals surface area contributed by atoms with Crippen molar-refractivity contribution in [3.8, 4) is 11.1 Å². The van der Waals surface area contributed by atoms with E-state index in [1.54, 1.807) is 32.9 Å². The summed E-state index contributed by atoms with van der Waals surface area (Å²) in [6.45, 7) is 5.19. The first-order valence-electron chi connectivity index (χ1n) is 13.1. The van der Waals surface area contributed by atoms with Crippen LogP contribution in [0.2, 0.25) is 0 Å². The predicted octanol–water partition coefficient (Wildman–Crippen LogP) is 5.38. The van der Waals surface area contributed by atoms with Crippen LogP contribution in [0.3, 0.4) is 0 Å². The van der Waals surface area contributed by atoms with Crippen molar-refractivity contribution in [2.75, 3.05) is 18.1 Å². The number of ether oxygens (including phenoxy) is 2. The summed E-state index contributed by atoms with van der Waals surface area (Å²) >= 11 is 0. The highest BCUT2D eigenvalue weighted by atomic mass is 16.6. The van der Waals surface area contributed by atoms with Gasteiger partial charge in [-0.05, 0) is 61.1 Å². The number of hydrogen-bond acceptors (Lipinski definition) is 5. The molecule has 1 N–H and O–H groups in total. The normalized spacial score (nSPS) is 17.3. The van der Waals surface area contributed by atoms with Gasteiger partial charge in [0.25, 0.3) is 5.91 Å². The summed E-state index contributed by atoms with van der Waals surface area (Å²) in [5.74, 6) is -1.07. The molecule has 1 atom stereocenters. The molecule has 7 nitrogen and oxygen atoms in total. The number of para-hydroxylation sites is 1. The van der Waals surface area contributed by atoms with Gasteiger partial charge in [0.05, 0.1) is 0 Å². The molecule has 0 aromatic heterocycles. The van der Waals surface area contributed by atoms with E-state index in [0.717, 1.165) is 27.8 Å². The molecule has 39 heavy (non-hydrogen) atoms. The summed E-state index contributed by atoms with van der Waals surface area (Å²) in [5, 5.41) is 2.70. The van der Waals surface area contributed by atoms with Gasteiger partial charge in [-0.3, -0.25) is 14.5 Å². The number of hydrogen-bond donors (Lipinski definition) is 1. The Balaban J connectivity index is 1.31. The third kappa shape index (κ3) is 5.72. The van der Waals surface area contributed by atoms with Gasteiger partial charge in [0.15, 0.2) is 0 Å². The number of allylic oxidation sites excluding steroid dienone is 1. The zero-order valence-corrected chi connectivity index (χ0v) is 22.3. The number of amides is 2. The van der Waals surface area contributed by atoms with E-state index in [1.165, 1.54) is 4.90 Å². The van der Waals surface area contributed by atoms with E-state index >= 15 is 0 Å². The predicted molar refractivity (Wildman–Crippen MR) is 149 cm³/mol. The van der Waals surface area contributed by atoms with Crippen molar-refractivity contribution in [3.05, 3.63) is 102 Å². The molecule has 7 heteroatoms. The van der Waals surface area contributed by atoms with Crippen LogP contribution in [0.4, 0.5) is 10.5 Å². The van der Waals surface area contributed by atoms with Crippen molar-refractivity contribution in [2.24, 2.45) is 0 Å². The van der Waals surface area contributed by atoms with E-state index in [0.29, 0.717) is 12.1 Å². The van der Waals surface area contributed by atoms with Gasteiger partial charge in [-0.15, -0.1) is 0 Å². The van der Waals surface area contributed by atoms with Gasteiger partial charge in [-0.1, -0.05) is 78.9 Å². The molecule has 0 saturated carbocycles. The largest absolute Gasteiger partial charge is 0.459 e. The molecule has 1 aliphatic carbocycles. The lowest BCUT2D eigenvalue weighted by Gasteiger charge is -2.30. The van der Waals surface area contributed by atoms with Crippen LogP contribution in [0.15, 0.2) is 84.9 Å². The average Bonchev–Trinajstić information content (AvgIpc) is 3.22. The maximum atomic E-state index is 13.7. The SMILES string of the molecule is CC(C)(C)OC(=O)CN1C(=O)[C@@H](NC(=O)OCC2c3ccccc3-c3ccccc32)/C=C\Cc2ccccc21. The smallest absolute Gasteiger partial charge is 0.408 e. The van der Waals surface area contributed by atoms with E-state index in [1.807, 2.05) is 60.7 Å². The van der Waals surface area contributed by atoms with Crippen LogP contribution in [-0.2, 0) is 25.5 Å². The number of alkyl carbamates (subject to hydrolysis) is 1. The Morgan fingerprint density at radius 1 is 0.923 bits per heavy atom. The molecule has 0 unspecified atom stereocenters. The number of nitrogens with zero attached hydrogens (tertiary/aromatic N) is 1. The highest BCUT2D eigenvalue weighted by molar-refractivity contribution is 6.03. The van der Waals surface area contributed by atoms with Crippen molar-refractivity contribution >= 4 is 23.7 Å². The first-order chi connectivity index (χ1) is 18.7. The van der Waals surface area contributed by atoms with Crippen LogP contribution >= 0.6 is 0 Å². The molecule has 1 aliphatic heterocycles. The molecule has 0 bridgehead atoms. The lowest BCUT2D eigenvalue weighted by molar-refractivity contribution is -0.153. The van der Waals surface area contributed by atoms with Crippen LogP contribution in [0.25, 0.3) is 11.1 Å². The third-order valence-electron chi connectivity index (χ3n) is 6.81. The number of fused-ring (bicyclic) bond motifs is 4. The first kappa shape index (κ1) is 26.2. The summed E-state index contributed by atoms with van der Waals surface area (Å²) in [4.78, 5) is 40.7. The number of rotatable bonds is 5. The fraction of sp³-hybridized carbons (Fsp3) is 0.281. The number of carbonyl (C=O) groups is 3. The fourth-order valence-corrected chi connectivity index (χ4v) is 5.19. The number of esters is 1. The minimum absolute atomic E-state index is 0.0951. The van der Waals surface area contributed by atoms with Gasteiger partial charge in [-0.2, -0.15) is 0 Å². The standard InChI is InChI=1S/C32H32N2O5/c1-32(2,3)39-29(35)19-34-28-18-9-4-11-21(28)12-10-17-27(30(34)36)33-31(37)38-20-26-24-15-7-5-13-22(24)23-14-6-8-16-25(23)26/h4-11,13-18,26-27H,12,19-20H2,1-3H3,(H,33,37)/b17-10-/t27-/m0/s1. The highest BCUT2D eigenvalue weighted by Crippen LogP contribution is 2.44. The third-order valence-corrected chi connectivity index (χ3v) is 6.81. The van der Waals surface area contributed by atoms with E-state index in [2.05, 4.69) is 17.4 Å². The maximum Gasteiger partial charge on any atom is 0.408 e. The summed E-state index contributed by atoms with van der Waals surface area (Å²) in [7, 11) is 0. The van der Waals surface area contributed by atoms with Crippen LogP contribution in [-0.4, -0.2) is 42.8 Å². The Bertz CT molecular complexity index is 1390. The van der Waals surface area contributed by atoms with Gasteiger partial charge in [0.1, 0.15) is 24.8 Å². The van der Waals surface area contributed by atoms with Crippen LogP contribution in [0, 0.1) is 0 Å². The number of nitrogens with one attached hydrogen (secondary N) is 1. The zero-order chi connectivity index (χ0) is 27.6. The molecule has 0 radical (unpaired) electrons. The van der Waals surface area contributed by atoms with Crippen LogP contribution in [0.5, 0.6) is 0 Å². The lowest BCUT2D eigenvalue weighted by Crippen LogP contribution is -2.50. The van der Waals surface area contributed by atoms with Gasteiger partial charge in [0, 0.05) is 11.6 Å². The van der Waals surface area contributed by atoms with Gasteiger partial charge < -0.3 is 14.8 Å². The Morgan fingerprint density at radius 2 is 1.54 bits per heavy atom. The van der Waals surface area contributed by atoms with Crippen molar-refractivity contribution in [3.63, 3.8) is 0 Å². The molecule has 0 spiro atoms.